The van der Waals surface area contributed by atoms with Crippen LogP contribution >= 0.6 is 15.9 Å². The predicted octanol–water partition coefficient (Wildman–Crippen LogP) is 1.00. The van der Waals surface area contributed by atoms with E-state index in [1.54, 1.807) is 6.20 Å². The van der Waals surface area contributed by atoms with Gasteiger partial charge in [0.15, 0.2) is 0 Å². The molecule has 2 N–H and O–H groups in total. The number of nitrogens with two attached hydrogens (primary N) is 1. The number of nitrogens with zero attached hydrogens (tertiary/aromatic N) is 1. The van der Waals surface area contributed by atoms with Crippen molar-refractivity contribution in [3.63, 3.8) is 0 Å². The van der Waals surface area contributed by atoms with Gasteiger partial charge < -0.3 is 5.73 Å². The van der Waals surface area contributed by atoms with E-state index in [9.17, 15) is 4.79 Å². The van der Waals surface area contributed by atoms with E-state index in [1.807, 2.05) is 12.1 Å². The fourth-order valence-corrected chi connectivity index (χ4v) is 1.17. The number of hydrogen-bond donors (Lipinski definition) is 1. The molecule has 1 amide bonds. The van der Waals surface area contributed by atoms with Crippen molar-refractivity contribution in [2.75, 3.05) is 0 Å². The molecule has 1 heterocycles. The van der Waals surface area contributed by atoms with E-state index in [2.05, 4.69) is 20.9 Å². The third-order valence-corrected chi connectivity index (χ3v) is 1.98. The van der Waals surface area contributed by atoms with E-state index in [1.165, 1.54) is 0 Å². The molecule has 3 nitrogen and oxygen atoms in total. The minimum atomic E-state index is -0.330. The molecule has 0 fully saturated rings. The molecule has 1 aromatic heterocycles. The van der Waals surface area contributed by atoms with Gasteiger partial charge in [-0.05, 0) is 11.6 Å². The largest absolute Gasteiger partial charge is 0.369 e. The highest BCUT2D eigenvalue weighted by Crippen LogP contribution is 2.04. The molecule has 1 aromatic rings. The van der Waals surface area contributed by atoms with Gasteiger partial charge >= 0.3 is 0 Å². The summed E-state index contributed by atoms with van der Waals surface area (Å²) in [4.78, 5) is 14.6. The maximum atomic E-state index is 10.5. The number of carbonyl (C=O) groups excluding carboxylic acids is 1. The third-order valence-electron chi connectivity index (χ3n) is 1.40. The molecule has 0 atom stereocenters. The summed E-state index contributed by atoms with van der Waals surface area (Å²) >= 11 is 3.28. The molecule has 0 aliphatic carbocycles. The standard InChI is InChI=1S/C8H9BrN2O/c9-4-7-2-1-6(5-11-7)3-8(10)12/h1-2,5H,3-4H2,(H2,10,12). The lowest BCUT2D eigenvalue weighted by Crippen LogP contribution is -2.13. The minimum absolute atomic E-state index is 0.259. The van der Waals surface area contributed by atoms with Crippen LogP contribution in [0.25, 0.3) is 0 Å². The second-order valence-electron chi connectivity index (χ2n) is 2.43. The van der Waals surface area contributed by atoms with Crippen LogP contribution in [0.3, 0.4) is 0 Å². The molecule has 0 aromatic carbocycles. The Labute approximate surface area is 79.1 Å². The Morgan fingerprint density at radius 2 is 2.33 bits per heavy atom. The summed E-state index contributed by atoms with van der Waals surface area (Å²) < 4.78 is 0. The quantitative estimate of drug-likeness (QED) is 0.786. The first-order chi connectivity index (χ1) is 5.72. The molecule has 64 valence electrons. The van der Waals surface area contributed by atoms with Crippen LogP contribution in [0.15, 0.2) is 18.3 Å². The number of halogens is 1. The van der Waals surface area contributed by atoms with E-state index in [-0.39, 0.29) is 12.3 Å². The Balaban J connectivity index is 2.71. The minimum Gasteiger partial charge on any atom is -0.369 e. The number of aromatic nitrogens is 1. The number of alkyl halides is 1. The maximum absolute atomic E-state index is 10.5. The summed E-state index contributed by atoms with van der Waals surface area (Å²) in [5.41, 5.74) is 6.82. The molecule has 1 rings (SSSR count). The molecule has 0 bridgehead atoms. The van der Waals surface area contributed by atoms with Gasteiger partial charge in [-0.15, -0.1) is 0 Å². The zero-order chi connectivity index (χ0) is 8.97. The smallest absolute Gasteiger partial charge is 0.221 e. The van der Waals surface area contributed by atoms with Crippen LogP contribution in [0.5, 0.6) is 0 Å². The van der Waals surface area contributed by atoms with Gasteiger partial charge in [-0.1, -0.05) is 22.0 Å². The second-order valence-corrected chi connectivity index (χ2v) is 3.00. The number of primary amides is 1. The molecule has 12 heavy (non-hydrogen) atoms. The number of hydrogen-bond acceptors (Lipinski definition) is 2. The first-order valence-corrected chi connectivity index (χ1v) is 4.62. The SMILES string of the molecule is NC(=O)Cc1ccc(CBr)nc1. The van der Waals surface area contributed by atoms with E-state index in [0.717, 1.165) is 16.6 Å². The van der Waals surface area contributed by atoms with Crippen molar-refractivity contribution in [1.82, 2.24) is 4.98 Å². The summed E-state index contributed by atoms with van der Waals surface area (Å²) in [6.45, 7) is 0. The van der Waals surface area contributed by atoms with E-state index in [4.69, 9.17) is 5.73 Å². The van der Waals surface area contributed by atoms with Crippen molar-refractivity contribution in [3.8, 4) is 0 Å². The molecular formula is C8H9BrN2O. The maximum Gasteiger partial charge on any atom is 0.221 e. The highest BCUT2D eigenvalue weighted by molar-refractivity contribution is 9.08. The number of pyridine rings is 1. The summed E-state index contributed by atoms with van der Waals surface area (Å²) in [6.07, 6.45) is 1.93. The summed E-state index contributed by atoms with van der Waals surface area (Å²) in [5, 5.41) is 0.726. The van der Waals surface area contributed by atoms with Gasteiger partial charge in [0.2, 0.25) is 5.91 Å². The van der Waals surface area contributed by atoms with E-state index < -0.39 is 0 Å². The monoisotopic (exact) mass is 228 g/mol. The average molecular weight is 229 g/mol. The summed E-state index contributed by atoms with van der Waals surface area (Å²) in [5.74, 6) is -0.330. The first-order valence-electron chi connectivity index (χ1n) is 3.50. The van der Waals surface area contributed by atoms with Gasteiger partial charge in [0, 0.05) is 11.5 Å². The molecule has 0 saturated carbocycles. The molecular weight excluding hydrogens is 220 g/mol. The van der Waals surface area contributed by atoms with Crippen molar-refractivity contribution in [2.24, 2.45) is 5.73 Å². The first kappa shape index (κ1) is 9.19. The van der Waals surface area contributed by atoms with Crippen molar-refractivity contribution in [3.05, 3.63) is 29.6 Å². The highest BCUT2D eigenvalue weighted by Gasteiger charge is 1.98. The van der Waals surface area contributed by atoms with Crippen LogP contribution in [0.1, 0.15) is 11.3 Å². The van der Waals surface area contributed by atoms with Gasteiger partial charge in [-0.3, -0.25) is 9.78 Å². The fraction of sp³-hybridized carbons (Fsp3) is 0.250. The van der Waals surface area contributed by atoms with Crippen LogP contribution in [0, 0.1) is 0 Å². The second kappa shape index (κ2) is 4.21. The molecule has 0 saturated heterocycles. The van der Waals surface area contributed by atoms with Crippen molar-refractivity contribution >= 4 is 21.8 Å². The van der Waals surface area contributed by atoms with E-state index >= 15 is 0 Å². The van der Waals surface area contributed by atoms with Crippen LogP contribution in [-0.4, -0.2) is 10.9 Å². The van der Waals surface area contributed by atoms with Gasteiger partial charge in [0.1, 0.15) is 0 Å². The Morgan fingerprint density at radius 3 is 2.75 bits per heavy atom. The van der Waals surface area contributed by atoms with Crippen molar-refractivity contribution in [1.29, 1.82) is 0 Å². The van der Waals surface area contributed by atoms with Gasteiger partial charge in [0.05, 0.1) is 12.1 Å². The zero-order valence-electron chi connectivity index (χ0n) is 6.46. The summed E-state index contributed by atoms with van der Waals surface area (Å²) in [6, 6.07) is 3.72. The fourth-order valence-electron chi connectivity index (χ4n) is 0.840. The van der Waals surface area contributed by atoms with Crippen molar-refractivity contribution < 1.29 is 4.79 Å². The lowest BCUT2D eigenvalue weighted by Gasteiger charge is -1.97. The lowest BCUT2D eigenvalue weighted by atomic mass is 10.2. The molecule has 0 aliphatic heterocycles. The Kier molecular flexibility index (Phi) is 3.22. The Hall–Kier alpha value is -0.900. The van der Waals surface area contributed by atoms with Gasteiger partial charge in [-0.25, -0.2) is 0 Å². The predicted molar refractivity (Wildman–Crippen MR) is 49.8 cm³/mol. The number of carbonyl (C=O) groups is 1. The number of rotatable bonds is 3. The van der Waals surface area contributed by atoms with Crippen LogP contribution in [-0.2, 0) is 16.5 Å². The summed E-state index contributed by atoms with van der Waals surface area (Å²) in [7, 11) is 0. The van der Waals surface area contributed by atoms with E-state index in [0.29, 0.717) is 0 Å². The Bertz CT molecular complexity index is 271. The lowest BCUT2D eigenvalue weighted by molar-refractivity contribution is -0.117. The number of amides is 1. The molecule has 4 heteroatoms. The van der Waals surface area contributed by atoms with Crippen LogP contribution in [0.2, 0.25) is 0 Å². The Morgan fingerprint density at radius 1 is 1.58 bits per heavy atom. The molecule has 0 aliphatic rings. The van der Waals surface area contributed by atoms with Crippen LogP contribution < -0.4 is 5.73 Å². The van der Waals surface area contributed by atoms with Gasteiger partial charge in [-0.2, -0.15) is 0 Å². The zero-order valence-corrected chi connectivity index (χ0v) is 8.04. The topological polar surface area (TPSA) is 56.0 Å². The van der Waals surface area contributed by atoms with Crippen molar-refractivity contribution in [2.45, 2.75) is 11.8 Å². The molecule has 0 unspecified atom stereocenters. The average Bonchev–Trinajstić information content (AvgIpc) is 2.05. The normalized spacial score (nSPS) is 9.75. The van der Waals surface area contributed by atoms with Gasteiger partial charge in [0.25, 0.3) is 0 Å². The molecule has 0 spiro atoms. The van der Waals surface area contributed by atoms with Crippen LogP contribution in [0.4, 0.5) is 0 Å². The highest BCUT2D eigenvalue weighted by atomic mass is 79.9. The third kappa shape index (κ3) is 2.62. The molecule has 0 radical (unpaired) electrons.